The van der Waals surface area contributed by atoms with Crippen LogP contribution < -0.4 is 10.5 Å². The summed E-state index contributed by atoms with van der Waals surface area (Å²) < 4.78 is 5.43. The molecule has 3 nitrogen and oxygen atoms in total. The van der Waals surface area contributed by atoms with Crippen molar-refractivity contribution in [3.8, 4) is 5.75 Å². The van der Waals surface area contributed by atoms with Crippen LogP contribution in [-0.2, 0) is 4.79 Å². The molecule has 1 aliphatic carbocycles. The molecule has 0 aliphatic heterocycles. The highest BCUT2D eigenvalue weighted by Crippen LogP contribution is 2.36. The maximum Gasteiger partial charge on any atom is 0.318 e. The molecule has 0 radical (unpaired) electrons. The van der Waals surface area contributed by atoms with E-state index in [1.807, 2.05) is 18.2 Å². The van der Waals surface area contributed by atoms with Gasteiger partial charge in [0.2, 0.25) is 0 Å². The molecule has 1 aliphatic rings. The van der Waals surface area contributed by atoms with Crippen molar-refractivity contribution in [2.24, 2.45) is 11.1 Å². The van der Waals surface area contributed by atoms with Gasteiger partial charge in [0.25, 0.3) is 0 Å². The predicted octanol–water partition coefficient (Wildman–Crippen LogP) is 2.50. The smallest absolute Gasteiger partial charge is 0.318 e. The van der Waals surface area contributed by atoms with E-state index in [2.05, 4.69) is 0 Å². The summed E-state index contributed by atoms with van der Waals surface area (Å²) in [5.41, 5.74) is 5.34. The van der Waals surface area contributed by atoms with E-state index in [4.69, 9.17) is 10.5 Å². The van der Waals surface area contributed by atoms with Gasteiger partial charge < -0.3 is 10.5 Å². The maximum atomic E-state index is 12.2. The van der Waals surface area contributed by atoms with Crippen LogP contribution >= 0.6 is 0 Å². The van der Waals surface area contributed by atoms with Gasteiger partial charge in [-0.05, 0) is 25.0 Å². The van der Waals surface area contributed by atoms with Crippen LogP contribution in [0.15, 0.2) is 30.3 Å². The third-order valence-electron chi connectivity index (χ3n) is 3.59. The lowest BCUT2D eigenvalue weighted by Gasteiger charge is -2.33. The van der Waals surface area contributed by atoms with Gasteiger partial charge >= 0.3 is 5.97 Å². The summed E-state index contributed by atoms with van der Waals surface area (Å²) in [7, 11) is 0. The van der Waals surface area contributed by atoms with Crippen LogP contribution in [0.25, 0.3) is 0 Å². The molecule has 0 bridgehead atoms. The summed E-state index contributed by atoms with van der Waals surface area (Å²) in [6, 6.07) is 9.21. The monoisotopic (exact) mass is 233 g/mol. The molecule has 0 spiro atoms. The van der Waals surface area contributed by atoms with Crippen molar-refractivity contribution in [3.05, 3.63) is 30.3 Å². The molecule has 0 aromatic heterocycles. The number of rotatable bonds is 3. The molecule has 1 fully saturated rings. The minimum atomic E-state index is -0.450. The van der Waals surface area contributed by atoms with Crippen molar-refractivity contribution >= 4 is 5.97 Å². The lowest BCUT2D eigenvalue weighted by atomic mass is 9.74. The molecule has 0 heterocycles. The standard InChI is InChI=1S/C14H19NO2/c15-11-14(9-5-2-6-10-14)13(16)17-12-7-3-1-4-8-12/h1,3-4,7-8H,2,5-6,9-11,15H2. The Morgan fingerprint density at radius 1 is 1.18 bits per heavy atom. The minimum Gasteiger partial charge on any atom is -0.426 e. The largest absolute Gasteiger partial charge is 0.426 e. The average molecular weight is 233 g/mol. The molecule has 2 N–H and O–H groups in total. The van der Waals surface area contributed by atoms with E-state index >= 15 is 0 Å². The van der Waals surface area contributed by atoms with Crippen molar-refractivity contribution in [2.75, 3.05) is 6.54 Å². The predicted molar refractivity (Wildman–Crippen MR) is 66.6 cm³/mol. The second kappa shape index (κ2) is 5.32. The van der Waals surface area contributed by atoms with Gasteiger partial charge in [0.1, 0.15) is 5.75 Å². The number of hydrogen-bond donors (Lipinski definition) is 1. The van der Waals surface area contributed by atoms with E-state index in [-0.39, 0.29) is 5.97 Å². The van der Waals surface area contributed by atoms with E-state index in [1.165, 1.54) is 6.42 Å². The quantitative estimate of drug-likeness (QED) is 0.644. The Bertz CT molecular complexity index is 369. The van der Waals surface area contributed by atoms with Gasteiger partial charge in [-0.15, -0.1) is 0 Å². The number of esters is 1. The Balaban J connectivity index is 2.07. The number of ether oxygens (including phenoxy) is 1. The van der Waals surface area contributed by atoms with Gasteiger partial charge in [-0.1, -0.05) is 37.5 Å². The third kappa shape index (κ3) is 2.67. The molecule has 0 unspecified atom stereocenters. The first kappa shape index (κ1) is 12.1. The summed E-state index contributed by atoms with van der Waals surface area (Å²) >= 11 is 0. The van der Waals surface area contributed by atoms with E-state index in [9.17, 15) is 4.79 Å². The third-order valence-corrected chi connectivity index (χ3v) is 3.59. The first-order valence-corrected chi connectivity index (χ1v) is 6.24. The normalized spacial score (nSPS) is 18.6. The van der Waals surface area contributed by atoms with E-state index in [1.54, 1.807) is 12.1 Å². The van der Waals surface area contributed by atoms with Gasteiger partial charge in [-0.3, -0.25) is 4.79 Å². The molecule has 1 aromatic carbocycles. The summed E-state index contributed by atoms with van der Waals surface area (Å²) in [5.74, 6) is 0.446. The number of para-hydroxylation sites is 1. The fraction of sp³-hybridized carbons (Fsp3) is 0.500. The van der Waals surface area contributed by atoms with Crippen molar-refractivity contribution in [1.29, 1.82) is 0 Å². The van der Waals surface area contributed by atoms with Gasteiger partial charge in [0.15, 0.2) is 0 Å². The molecule has 2 rings (SSSR count). The molecular formula is C14H19NO2. The number of benzene rings is 1. The van der Waals surface area contributed by atoms with Gasteiger partial charge in [0.05, 0.1) is 5.41 Å². The van der Waals surface area contributed by atoms with E-state index in [0.717, 1.165) is 25.7 Å². The van der Waals surface area contributed by atoms with Crippen LogP contribution in [0.2, 0.25) is 0 Å². The summed E-state index contributed by atoms with van der Waals surface area (Å²) in [5, 5.41) is 0. The molecule has 1 aromatic rings. The molecule has 0 amide bonds. The first-order valence-electron chi connectivity index (χ1n) is 6.24. The van der Waals surface area contributed by atoms with E-state index in [0.29, 0.717) is 12.3 Å². The summed E-state index contributed by atoms with van der Waals surface area (Å²) in [6.07, 6.45) is 5.05. The molecular weight excluding hydrogens is 214 g/mol. The fourth-order valence-corrected chi connectivity index (χ4v) is 2.42. The van der Waals surface area contributed by atoms with Crippen molar-refractivity contribution < 1.29 is 9.53 Å². The fourth-order valence-electron chi connectivity index (χ4n) is 2.42. The van der Waals surface area contributed by atoms with Gasteiger partial charge in [-0.2, -0.15) is 0 Å². The zero-order valence-electron chi connectivity index (χ0n) is 10.0. The Morgan fingerprint density at radius 2 is 1.82 bits per heavy atom. The Kier molecular flexibility index (Phi) is 3.79. The zero-order valence-corrected chi connectivity index (χ0v) is 10.0. The lowest BCUT2D eigenvalue weighted by molar-refractivity contribution is -0.147. The van der Waals surface area contributed by atoms with Crippen LogP contribution in [0.3, 0.4) is 0 Å². The zero-order chi connectivity index (χ0) is 12.1. The number of hydrogen-bond acceptors (Lipinski definition) is 3. The van der Waals surface area contributed by atoms with Gasteiger partial charge in [0, 0.05) is 6.54 Å². The Hall–Kier alpha value is -1.35. The highest BCUT2D eigenvalue weighted by atomic mass is 16.5. The van der Waals surface area contributed by atoms with E-state index < -0.39 is 5.41 Å². The number of carbonyl (C=O) groups is 1. The second-order valence-corrected chi connectivity index (χ2v) is 4.75. The summed E-state index contributed by atoms with van der Waals surface area (Å²) in [6.45, 7) is 0.388. The highest BCUT2D eigenvalue weighted by Gasteiger charge is 2.39. The van der Waals surface area contributed by atoms with Crippen LogP contribution in [0.5, 0.6) is 5.75 Å². The SMILES string of the molecule is NCC1(C(=O)Oc2ccccc2)CCCCC1. The molecule has 1 saturated carbocycles. The lowest BCUT2D eigenvalue weighted by Crippen LogP contribution is -2.42. The molecule has 0 atom stereocenters. The molecule has 3 heteroatoms. The molecule has 0 saturated heterocycles. The van der Waals surface area contributed by atoms with Crippen molar-refractivity contribution in [1.82, 2.24) is 0 Å². The Labute approximate surface area is 102 Å². The molecule has 92 valence electrons. The maximum absolute atomic E-state index is 12.2. The first-order chi connectivity index (χ1) is 8.27. The number of nitrogens with two attached hydrogens (primary N) is 1. The second-order valence-electron chi connectivity index (χ2n) is 4.75. The topological polar surface area (TPSA) is 52.3 Å². The average Bonchev–Trinajstić information content (AvgIpc) is 2.40. The van der Waals surface area contributed by atoms with Crippen LogP contribution in [0.1, 0.15) is 32.1 Å². The van der Waals surface area contributed by atoms with Crippen molar-refractivity contribution in [2.45, 2.75) is 32.1 Å². The molecule has 17 heavy (non-hydrogen) atoms. The van der Waals surface area contributed by atoms with Crippen LogP contribution in [0, 0.1) is 5.41 Å². The minimum absolute atomic E-state index is 0.161. The number of carbonyl (C=O) groups excluding carboxylic acids is 1. The van der Waals surface area contributed by atoms with Crippen molar-refractivity contribution in [3.63, 3.8) is 0 Å². The highest BCUT2D eigenvalue weighted by molar-refractivity contribution is 5.79. The van der Waals surface area contributed by atoms with Crippen LogP contribution in [0.4, 0.5) is 0 Å². The van der Waals surface area contributed by atoms with Crippen LogP contribution in [-0.4, -0.2) is 12.5 Å². The summed E-state index contributed by atoms with van der Waals surface area (Å²) in [4.78, 5) is 12.2. The van der Waals surface area contributed by atoms with Gasteiger partial charge in [-0.25, -0.2) is 0 Å². The Morgan fingerprint density at radius 3 is 2.41 bits per heavy atom.